The SMILES string of the molecule is CC(C)Oc1ccc(C(Cl)CCC(C)(C)C)cc1. The second kappa shape index (κ2) is 6.47. The van der Waals surface area contributed by atoms with Crippen LogP contribution in [0.25, 0.3) is 0 Å². The topological polar surface area (TPSA) is 9.23 Å². The predicted octanol–water partition coefficient (Wildman–Crippen LogP) is 5.58. The Labute approximate surface area is 116 Å². The van der Waals surface area contributed by atoms with E-state index in [0.29, 0.717) is 5.41 Å². The molecular formula is C16H25ClO. The van der Waals surface area contributed by atoms with Crippen molar-refractivity contribution in [3.8, 4) is 5.75 Å². The van der Waals surface area contributed by atoms with Crippen LogP contribution in [0.2, 0.25) is 0 Å². The Bertz CT molecular complexity index is 348. The molecule has 1 aromatic carbocycles. The fourth-order valence-corrected chi connectivity index (χ4v) is 2.01. The van der Waals surface area contributed by atoms with Gasteiger partial charge in [-0.25, -0.2) is 0 Å². The molecule has 0 spiro atoms. The summed E-state index contributed by atoms with van der Waals surface area (Å²) in [5, 5.41) is 0.0947. The van der Waals surface area contributed by atoms with Gasteiger partial charge in [0, 0.05) is 0 Å². The van der Waals surface area contributed by atoms with Crippen LogP contribution in [0.3, 0.4) is 0 Å². The maximum absolute atomic E-state index is 6.43. The van der Waals surface area contributed by atoms with E-state index in [1.165, 1.54) is 5.56 Å². The van der Waals surface area contributed by atoms with Crippen LogP contribution >= 0.6 is 11.6 Å². The Kier molecular flexibility index (Phi) is 5.52. The highest BCUT2D eigenvalue weighted by molar-refractivity contribution is 6.20. The van der Waals surface area contributed by atoms with Crippen LogP contribution in [-0.4, -0.2) is 6.10 Å². The molecule has 0 aliphatic heterocycles. The standard InChI is InChI=1S/C16H25ClO/c1-12(2)18-14-8-6-13(7-9-14)15(17)10-11-16(3,4)5/h6-9,12,15H,10-11H2,1-5H3. The van der Waals surface area contributed by atoms with Crippen molar-refractivity contribution in [2.24, 2.45) is 5.41 Å². The van der Waals surface area contributed by atoms with Crippen molar-refractivity contribution in [3.63, 3.8) is 0 Å². The number of hydrogen-bond acceptors (Lipinski definition) is 1. The van der Waals surface area contributed by atoms with Gasteiger partial charge >= 0.3 is 0 Å². The highest BCUT2D eigenvalue weighted by Crippen LogP contribution is 2.32. The summed E-state index contributed by atoms with van der Waals surface area (Å²) in [6, 6.07) is 8.14. The van der Waals surface area contributed by atoms with Crippen LogP contribution in [0.1, 0.15) is 58.4 Å². The van der Waals surface area contributed by atoms with Crippen LogP contribution in [0.5, 0.6) is 5.75 Å². The summed E-state index contributed by atoms with van der Waals surface area (Å²) in [5.74, 6) is 0.911. The molecule has 0 radical (unpaired) electrons. The van der Waals surface area contributed by atoms with E-state index in [0.717, 1.165) is 18.6 Å². The van der Waals surface area contributed by atoms with Gasteiger partial charge in [-0.15, -0.1) is 11.6 Å². The van der Waals surface area contributed by atoms with Crippen molar-refractivity contribution in [1.82, 2.24) is 0 Å². The zero-order chi connectivity index (χ0) is 13.8. The second-order valence-corrected chi connectivity index (χ2v) is 6.83. The van der Waals surface area contributed by atoms with Crippen molar-refractivity contribution >= 4 is 11.6 Å². The molecule has 0 saturated carbocycles. The van der Waals surface area contributed by atoms with Crippen LogP contribution < -0.4 is 4.74 Å². The monoisotopic (exact) mass is 268 g/mol. The summed E-state index contributed by atoms with van der Waals surface area (Å²) in [5.41, 5.74) is 1.52. The zero-order valence-corrected chi connectivity index (χ0v) is 12.9. The quantitative estimate of drug-likeness (QED) is 0.634. The Morgan fingerprint density at radius 1 is 1.11 bits per heavy atom. The zero-order valence-electron chi connectivity index (χ0n) is 12.2. The first kappa shape index (κ1) is 15.4. The van der Waals surface area contributed by atoms with Gasteiger partial charge in [0.15, 0.2) is 0 Å². The highest BCUT2D eigenvalue weighted by Gasteiger charge is 2.15. The molecular weight excluding hydrogens is 244 g/mol. The molecule has 0 N–H and O–H groups in total. The first-order chi connectivity index (χ1) is 8.28. The van der Waals surface area contributed by atoms with Gasteiger partial charge in [0.25, 0.3) is 0 Å². The minimum Gasteiger partial charge on any atom is -0.491 e. The fourth-order valence-electron chi connectivity index (χ4n) is 1.75. The Balaban J connectivity index is 2.56. The van der Waals surface area contributed by atoms with E-state index in [9.17, 15) is 0 Å². The summed E-state index contributed by atoms with van der Waals surface area (Å²) in [6.45, 7) is 10.8. The third kappa shape index (κ3) is 5.77. The van der Waals surface area contributed by atoms with E-state index in [4.69, 9.17) is 16.3 Å². The average molecular weight is 269 g/mol. The van der Waals surface area contributed by atoms with Gasteiger partial charge in [-0.1, -0.05) is 32.9 Å². The maximum atomic E-state index is 6.43. The molecule has 0 fully saturated rings. The molecule has 0 heterocycles. The summed E-state index contributed by atoms with van der Waals surface area (Å²) in [6.07, 6.45) is 2.35. The summed E-state index contributed by atoms with van der Waals surface area (Å²) < 4.78 is 5.62. The number of halogens is 1. The summed E-state index contributed by atoms with van der Waals surface area (Å²) >= 11 is 6.43. The van der Waals surface area contributed by atoms with Gasteiger partial charge in [0.1, 0.15) is 5.75 Å². The second-order valence-electron chi connectivity index (χ2n) is 6.30. The molecule has 0 bridgehead atoms. The van der Waals surface area contributed by atoms with Crippen molar-refractivity contribution in [3.05, 3.63) is 29.8 Å². The molecule has 0 amide bonds. The molecule has 0 saturated heterocycles. The van der Waals surface area contributed by atoms with Gasteiger partial charge in [-0.2, -0.15) is 0 Å². The lowest BCUT2D eigenvalue weighted by atomic mass is 9.89. The molecule has 18 heavy (non-hydrogen) atoms. The van der Waals surface area contributed by atoms with E-state index < -0.39 is 0 Å². The lowest BCUT2D eigenvalue weighted by Gasteiger charge is -2.20. The first-order valence-electron chi connectivity index (χ1n) is 6.68. The largest absolute Gasteiger partial charge is 0.491 e. The Morgan fingerprint density at radius 3 is 2.11 bits per heavy atom. The molecule has 1 atom stereocenters. The molecule has 0 aromatic heterocycles. The lowest BCUT2D eigenvalue weighted by Crippen LogP contribution is -2.07. The molecule has 1 nitrogen and oxygen atoms in total. The van der Waals surface area contributed by atoms with Crippen LogP contribution in [0.4, 0.5) is 0 Å². The molecule has 1 rings (SSSR count). The van der Waals surface area contributed by atoms with E-state index in [-0.39, 0.29) is 11.5 Å². The number of rotatable bonds is 5. The lowest BCUT2D eigenvalue weighted by molar-refractivity contribution is 0.242. The molecule has 0 aliphatic carbocycles. The summed E-state index contributed by atoms with van der Waals surface area (Å²) in [7, 11) is 0. The van der Waals surface area contributed by atoms with Crippen molar-refractivity contribution in [2.75, 3.05) is 0 Å². The van der Waals surface area contributed by atoms with Crippen molar-refractivity contribution in [1.29, 1.82) is 0 Å². The Morgan fingerprint density at radius 2 is 1.67 bits per heavy atom. The fraction of sp³-hybridized carbons (Fsp3) is 0.625. The maximum Gasteiger partial charge on any atom is 0.119 e. The van der Waals surface area contributed by atoms with Crippen LogP contribution in [0, 0.1) is 5.41 Å². The van der Waals surface area contributed by atoms with Gasteiger partial charge < -0.3 is 4.74 Å². The normalized spacial score (nSPS) is 13.7. The van der Waals surface area contributed by atoms with Gasteiger partial charge in [0.05, 0.1) is 11.5 Å². The minimum atomic E-state index is 0.0947. The van der Waals surface area contributed by atoms with Crippen LogP contribution in [-0.2, 0) is 0 Å². The number of benzene rings is 1. The van der Waals surface area contributed by atoms with E-state index in [2.05, 4.69) is 32.9 Å². The number of alkyl halides is 1. The molecule has 1 unspecified atom stereocenters. The van der Waals surface area contributed by atoms with Gasteiger partial charge in [-0.3, -0.25) is 0 Å². The first-order valence-corrected chi connectivity index (χ1v) is 7.12. The third-order valence-corrected chi connectivity index (χ3v) is 3.23. The third-order valence-electron chi connectivity index (χ3n) is 2.76. The Hall–Kier alpha value is -0.690. The average Bonchev–Trinajstić information content (AvgIpc) is 2.25. The molecule has 102 valence electrons. The highest BCUT2D eigenvalue weighted by atomic mass is 35.5. The van der Waals surface area contributed by atoms with Crippen molar-refractivity contribution in [2.45, 2.75) is 58.9 Å². The minimum absolute atomic E-state index is 0.0947. The van der Waals surface area contributed by atoms with Gasteiger partial charge in [-0.05, 0) is 49.8 Å². The van der Waals surface area contributed by atoms with E-state index >= 15 is 0 Å². The predicted molar refractivity (Wildman–Crippen MR) is 79.5 cm³/mol. The van der Waals surface area contributed by atoms with Crippen LogP contribution in [0.15, 0.2) is 24.3 Å². The number of ether oxygens (including phenoxy) is 1. The van der Waals surface area contributed by atoms with Gasteiger partial charge in [0.2, 0.25) is 0 Å². The molecule has 1 aromatic rings. The smallest absolute Gasteiger partial charge is 0.119 e. The van der Waals surface area contributed by atoms with E-state index in [1.807, 2.05) is 26.0 Å². The number of hydrogen-bond donors (Lipinski definition) is 0. The van der Waals surface area contributed by atoms with Crippen molar-refractivity contribution < 1.29 is 4.74 Å². The van der Waals surface area contributed by atoms with E-state index in [1.54, 1.807) is 0 Å². The molecule has 0 aliphatic rings. The molecule has 2 heteroatoms. The summed E-state index contributed by atoms with van der Waals surface area (Å²) in [4.78, 5) is 0.